The number of hydrogen-bond donors (Lipinski definition) is 1. The smallest absolute Gasteiger partial charge is 0.229 e. The summed E-state index contributed by atoms with van der Waals surface area (Å²) in [6.07, 6.45) is 0.170. The van der Waals surface area contributed by atoms with Crippen molar-refractivity contribution in [1.29, 1.82) is 0 Å². The first kappa shape index (κ1) is 16.0. The highest BCUT2D eigenvalue weighted by Crippen LogP contribution is 2.25. The van der Waals surface area contributed by atoms with Crippen LogP contribution in [0.15, 0.2) is 34.9 Å². The van der Waals surface area contributed by atoms with Crippen molar-refractivity contribution in [2.24, 2.45) is 5.92 Å². The predicted octanol–water partition coefficient (Wildman–Crippen LogP) is 1.66. The zero-order valence-corrected chi connectivity index (χ0v) is 13.6. The van der Waals surface area contributed by atoms with Crippen molar-refractivity contribution in [2.75, 3.05) is 18.6 Å². The quantitative estimate of drug-likeness (QED) is 0.902. The number of benzene rings is 1. The molecular formula is C17H19N3O4. The lowest BCUT2D eigenvalue weighted by Crippen LogP contribution is -2.32. The molecule has 1 N–H and O–H groups in total. The van der Waals surface area contributed by atoms with E-state index in [1.165, 1.54) is 4.90 Å². The molecule has 2 heterocycles. The van der Waals surface area contributed by atoms with Crippen molar-refractivity contribution in [2.45, 2.75) is 19.9 Å². The van der Waals surface area contributed by atoms with Gasteiger partial charge in [-0.2, -0.15) is 0 Å². The van der Waals surface area contributed by atoms with Gasteiger partial charge in [0.1, 0.15) is 11.5 Å². The molecule has 0 bridgehead atoms. The Balaban J connectivity index is 1.61. The first-order valence-corrected chi connectivity index (χ1v) is 7.71. The average molecular weight is 329 g/mol. The van der Waals surface area contributed by atoms with Crippen LogP contribution in [0.5, 0.6) is 5.75 Å². The van der Waals surface area contributed by atoms with Crippen molar-refractivity contribution in [3.05, 3.63) is 41.7 Å². The largest absolute Gasteiger partial charge is 0.496 e. The molecule has 1 aliphatic heterocycles. The maximum atomic E-state index is 12.4. The molecule has 7 heteroatoms. The molecule has 126 valence electrons. The summed E-state index contributed by atoms with van der Waals surface area (Å²) in [5, 5.41) is 6.71. The molecule has 3 rings (SSSR count). The highest BCUT2D eigenvalue weighted by Gasteiger charge is 2.36. The van der Waals surface area contributed by atoms with Crippen LogP contribution in [0.2, 0.25) is 0 Å². The minimum atomic E-state index is -0.399. The predicted molar refractivity (Wildman–Crippen MR) is 86.5 cm³/mol. The van der Waals surface area contributed by atoms with Crippen LogP contribution in [-0.4, -0.2) is 30.6 Å². The van der Waals surface area contributed by atoms with Crippen molar-refractivity contribution in [3.8, 4) is 5.75 Å². The molecule has 0 saturated carbocycles. The van der Waals surface area contributed by atoms with Gasteiger partial charge in [0.2, 0.25) is 11.8 Å². The third-order valence-electron chi connectivity index (χ3n) is 4.03. The van der Waals surface area contributed by atoms with Gasteiger partial charge in [0.15, 0.2) is 5.82 Å². The second kappa shape index (κ2) is 6.74. The minimum absolute atomic E-state index is 0.124. The monoisotopic (exact) mass is 329 g/mol. The number of aryl methyl sites for hydroxylation is 1. The number of hydrogen-bond acceptors (Lipinski definition) is 5. The number of anilines is 1. The molecule has 1 atom stereocenters. The van der Waals surface area contributed by atoms with Gasteiger partial charge in [0, 0.05) is 31.1 Å². The molecule has 2 aromatic rings. The Morgan fingerprint density at radius 1 is 1.46 bits per heavy atom. The number of para-hydroxylation sites is 1. The molecule has 1 aromatic carbocycles. The lowest BCUT2D eigenvalue weighted by atomic mass is 10.1. The molecule has 1 unspecified atom stereocenters. The number of ether oxygens (including phenoxy) is 1. The summed E-state index contributed by atoms with van der Waals surface area (Å²) >= 11 is 0. The van der Waals surface area contributed by atoms with Gasteiger partial charge in [0.25, 0.3) is 0 Å². The lowest BCUT2D eigenvalue weighted by Gasteiger charge is -2.14. The first-order valence-electron chi connectivity index (χ1n) is 7.71. The third kappa shape index (κ3) is 3.24. The Bertz CT molecular complexity index is 756. The van der Waals surface area contributed by atoms with E-state index in [-0.39, 0.29) is 18.2 Å². The van der Waals surface area contributed by atoms with Gasteiger partial charge in [-0.15, -0.1) is 0 Å². The Morgan fingerprint density at radius 3 is 2.96 bits per heavy atom. The average Bonchev–Trinajstić information content (AvgIpc) is 3.18. The van der Waals surface area contributed by atoms with Crippen LogP contribution in [0.3, 0.4) is 0 Å². The number of carbonyl (C=O) groups excluding carboxylic acids is 2. The number of methoxy groups -OCH3 is 1. The van der Waals surface area contributed by atoms with Crippen LogP contribution in [0.1, 0.15) is 17.7 Å². The number of aromatic nitrogens is 1. The maximum Gasteiger partial charge on any atom is 0.229 e. The first-order chi connectivity index (χ1) is 11.6. The van der Waals surface area contributed by atoms with E-state index in [1.54, 1.807) is 20.1 Å². The summed E-state index contributed by atoms with van der Waals surface area (Å²) in [5.41, 5.74) is 0.890. The van der Waals surface area contributed by atoms with E-state index < -0.39 is 5.92 Å². The van der Waals surface area contributed by atoms with Gasteiger partial charge >= 0.3 is 0 Å². The fourth-order valence-electron chi connectivity index (χ4n) is 2.76. The normalized spacial score (nSPS) is 17.2. The zero-order chi connectivity index (χ0) is 17.1. The summed E-state index contributed by atoms with van der Waals surface area (Å²) in [6, 6.07) is 9.18. The van der Waals surface area contributed by atoms with Crippen LogP contribution in [0.25, 0.3) is 0 Å². The zero-order valence-electron chi connectivity index (χ0n) is 13.6. The summed E-state index contributed by atoms with van der Waals surface area (Å²) in [6.45, 7) is 2.42. The summed E-state index contributed by atoms with van der Waals surface area (Å²) in [7, 11) is 1.59. The molecule has 0 radical (unpaired) electrons. The van der Waals surface area contributed by atoms with E-state index in [0.717, 1.165) is 11.3 Å². The van der Waals surface area contributed by atoms with E-state index in [4.69, 9.17) is 9.26 Å². The van der Waals surface area contributed by atoms with Crippen molar-refractivity contribution in [3.63, 3.8) is 0 Å². The SMILES string of the molecule is COc1ccccc1CNC(=O)C1CC(=O)N(c2cc(C)on2)C1. The number of nitrogens with zero attached hydrogens (tertiary/aromatic N) is 2. The van der Waals surface area contributed by atoms with E-state index in [9.17, 15) is 9.59 Å². The van der Waals surface area contributed by atoms with Gasteiger partial charge in [-0.05, 0) is 13.0 Å². The molecule has 24 heavy (non-hydrogen) atoms. The molecule has 1 saturated heterocycles. The highest BCUT2D eigenvalue weighted by atomic mass is 16.5. The molecule has 0 spiro atoms. The van der Waals surface area contributed by atoms with E-state index in [0.29, 0.717) is 24.7 Å². The van der Waals surface area contributed by atoms with E-state index in [1.807, 2.05) is 24.3 Å². The maximum absolute atomic E-state index is 12.4. The molecule has 1 aromatic heterocycles. The summed E-state index contributed by atoms with van der Waals surface area (Å²) in [5.74, 6) is 1.13. The lowest BCUT2D eigenvalue weighted by molar-refractivity contribution is -0.126. The molecule has 1 fully saturated rings. The van der Waals surface area contributed by atoms with Crippen LogP contribution < -0.4 is 15.0 Å². The summed E-state index contributed by atoms with van der Waals surface area (Å²) < 4.78 is 10.3. The van der Waals surface area contributed by atoms with Gasteiger partial charge in [0.05, 0.1) is 13.0 Å². The van der Waals surface area contributed by atoms with Gasteiger partial charge in [-0.3, -0.25) is 14.5 Å². The Hall–Kier alpha value is -2.83. The van der Waals surface area contributed by atoms with Gasteiger partial charge in [-0.1, -0.05) is 23.4 Å². The number of rotatable bonds is 5. The van der Waals surface area contributed by atoms with E-state index in [2.05, 4.69) is 10.5 Å². The van der Waals surface area contributed by atoms with E-state index >= 15 is 0 Å². The number of nitrogens with one attached hydrogen (secondary N) is 1. The summed E-state index contributed by atoms with van der Waals surface area (Å²) in [4.78, 5) is 26.0. The topological polar surface area (TPSA) is 84.7 Å². The fraction of sp³-hybridized carbons (Fsp3) is 0.353. The Morgan fingerprint density at radius 2 is 2.25 bits per heavy atom. The Labute approximate surface area is 139 Å². The molecule has 1 aliphatic rings. The van der Waals surface area contributed by atoms with Crippen molar-refractivity contribution in [1.82, 2.24) is 10.5 Å². The van der Waals surface area contributed by atoms with Crippen LogP contribution >= 0.6 is 0 Å². The fourth-order valence-corrected chi connectivity index (χ4v) is 2.76. The van der Waals surface area contributed by atoms with Crippen molar-refractivity contribution < 1.29 is 18.8 Å². The minimum Gasteiger partial charge on any atom is -0.496 e. The highest BCUT2D eigenvalue weighted by molar-refractivity contribution is 5.99. The second-order valence-corrected chi connectivity index (χ2v) is 5.73. The van der Waals surface area contributed by atoms with Crippen LogP contribution in [0, 0.1) is 12.8 Å². The third-order valence-corrected chi connectivity index (χ3v) is 4.03. The molecular weight excluding hydrogens is 310 g/mol. The molecule has 7 nitrogen and oxygen atoms in total. The van der Waals surface area contributed by atoms with Gasteiger partial charge < -0.3 is 14.6 Å². The standard InChI is InChI=1S/C17H19N3O4/c1-11-7-15(19-24-11)20-10-13(8-16(20)21)17(22)18-9-12-5-3-4-6-14(12)23-2/h3-7,13H,8-10H2,1-2H3,(H,18,22). The molecule has 2 amide bonds. The van der Waals surface area contributed by atoms with Crippen LogP contribution in [0.4, 0.5) is 5.82 Å². The Kier molecular flexibility index (Phi) is 4.50. The second-order valence-electron chi connectivity index (χ2n) is 5.73. The molecule has 0 aliphatic carbocycles. The number of amides is 2. The van der Waals surface area contributed by atoms with Crippen molar-refractivity contribution >= 4 is 17.6 Å². The van der Waals surface area contributed by atoms with Crippen LogP contribution in [-0.2, 0) is 16.1 Å². The number of carbonyl (C=O) groups is 2. The van der Waals surface area contributed by atoms with Gasteiger partial charge in [-0.25, -0.2) is 0 Å².